The van der Waals surface area contributed by atoms with E-state index in [2.05, 4.69) is 5.10 Å². The zero-order valence-corrected chi connectivity index (χ0v) is 14.5. The van der Waals surface area contributed by atoms with Crippen molar-refractivity contribution in [1.82, 2.24) is 18.4 Å². The summed E-state index contributed by atoms with van der Waals surface area (Å²) in [5, 5.41) is 4.98. The summed E-state index contributed by atoms with van der Waals surface area (Å²) in [6.45, 7) is 1.80. The van der Waals surface area contributed by atoms with E-state index in [4.69, 9.17) is 11.6 Å². The van der Waals surface area contributed by atoms with Crippen LogP contribution in [0.25, 0.3) is 0 Å². The predicted octanol–water partition coefficient (Wildman–Crippen LogP) is 2.33. The molecule has 124 valence electrons. The third-order valence-electron chi connectivity index (χ3n) is 4.52. The first-order valence-electron chi connectivity index (χ1n) is 7.96. The average molecular weight is 347 g/mol. The van der Waals surface area contributed by atoms with Crippen LogP contribution in [0, 0.1) is 0 Å². The Morgan fingerprint density at radius 3 is 2.45 bits per heavy atom. The van der Waals surface area contributed by atoms with Crippen LogP contribution in [0.1, 0.15) is 50.3 Å². The molecule has 2 aliphatic heterocycles. The predicted molar refractivity (Wildman–Crippen MR) is 85.9 cm³/mol. The van der Waals surface area contributed by atoms with Gasteiger partial charge in [0.2, 0.25) is 0 Å². The minimum Gasteiger partial charge on any atom is -0.274 e. The van der Waals surface area contributed by atoms with E-state index in [1.807, 2.05) is 7.05 Å². The number of rotatable bonds is 3. The van der Waals surface area contributed by atoms with Gasteiger partial charge in [0, 0.05) is 32.9 Å². The van der Waals surface area contributed by atoms with E-state index in [9.17, 15) is 8.42 Å². The Bertz CT molecular complexity index is 625. The molecule has 0 spiro atoms. The fourth-order valence-corrected chi connectivity index (χ4v) is 5.61. The zero-order valence-electron chi connectivity index (χ0n) is 12.9. The lowest BCUT2D eigenvalue weighted by Gasteiger charge is -2.31. The van der Waals surface area contributed by atoms with E-state index in [1.54, 1.807) is 19.5 Å². The molecule has 1 aromatic rings. The lowest BCUT2D eigenvalue weighted by molar-refractivity contribution is 0.293. The molecule has 3 rings (SSSR count). The molecule has 2 saturated heterocycles. The van der Waals surface area contributed by atoms with Gasteiger partial charge >= 0.3 is 0 Å². The number of nitrogens with zero attached hydrogens (tertiary/aromatic N) is 4. The van der Waals surface area contributed by atoms with Gasteiger partial charge in [-0.3, -0.25) is 4.68 Å². The van der Waals surface area contributed by atoms with Crippen molar-refractivity contribution in [2.75, 3.05) is 19.6 Å². The number of hydrogen-bond donors (Lipinski definition) is 0. The van der Waals surface area contributed by atoms with Gasteiger partial charge in [0.15, 0.2) is 0 Å². The maximum Gasteiger partial charge on any atom is 0.282 e. The standard InChI is InChI=1S/C14H23ClN4O2S/c1-17-11-12(15)14(16-17)13-7-3-2-4-10-19(13)22(20,21)18-8-5-6-9-18/h11,13H,2-10H2,1H3. The van der Waals surface area contributed by atoms with Crippen LogP contribution in [0.5, 0.6) is 0 Å². The van der Waals surface area contributed by atoms with Crippen LogP contribution in [0.3, 0.4) is 0 Å². The number of aryl methyl sites for hydroxylation is 1. The molecule has 8 heteroatoms. The van der Waals surface area contributed by atoms with Crippen LogP contribution in [0.15, 0.2) is 6.20 Å². The second-order valence-corrected chi connectivity index (χ2v) is 8.41. The van der Waals surface area contributed by atoms with E-state index < -0.39 is 10.2 Å². The molecule has 0 amide bonds. The van der Waals surface area contributed by atoms with E-state index in [-0.39, 0.29) is 6.04 Å². The first-order valence-corrected chi connectivity index (χ1v) is 9.73. The molecule has 22 heavy (non-hydrogen) atoms. The summed E-state index contributed by atoms with van der Waals surface area (Å²) in [4.78, 5) is 0. The minimum atomic E-state index is -3.43. The molecule has 0 aliphatic carbocycles. The van der Waals surface area contributed by atoms with Crippen molar-refractivity contribution < 1.29 is 8.42 Å². The highest BCUT2D eigenvalue weighted by Crippen LogP contribution is 2.36. The average Bonchev–Trinajstić information content (AvgIpc) is 3.03. The van der Waals surface area contributed by atoms with Crippen LogP contribution < -0.4 is 0 Å². The van der Waals surface area contributed by atoms with E-state index in [0.717, 1.165) is 38.5 Å². The van der Waals surface area contributed by atoms with E-state index in [1.165, 1.54) is 0 Å². The summed E-state index contributed by atoms with van der Waals surface area (Å²) in [6, 6.07) is -0.248. The lowest BCUT2D eigenvalue weighted by Crippen LogP contribution is -2.44. The quantitative estimate of drug-likeness (QED) is 0.844. The van der Waals surface area contributed by atoms with Crippen molar-refractivity contribution in [2.24, 2.45) is 7.05 Å². The zero-order chi connectivity index (χ0) is 15.7. The Labute approximate surface area is 137 Å². The van der Waals surface area contributed by atoms with Gasteiger partial charge in [0.05, 0.1) is 16.8 Å². The maximum absolute atomic E-state index is 13.0. The summed E-state index contributed by atoms with van der Waals surface area (Å²) in [6.07, 6.45) is 7.36. The summed E-state index contributed by atoms with van der Waals surface area (Å²) in [7, 11) is -1.62. The molecule has 0 saturated carbocycles. The maximum atomic E-state index is 13.0. The molecule has 0 radical (unpaired) electrons. The first kappa shape index (κ1) is 16.2. The van der Waals surface area contributed by atoms with Gasteiger partial charge in [-0.05, 0) is 25.7 Å². The second-order valence-electron chi connectivity index (χ2n) is 6.13. The summed E-state index contributed by atoms with van der Waals surface area (Å²) >= 11 is 6.29. The second kappa shape index (κ2) is 6.47. The minimum absolute atomic E-state index is 0.248. The first-order chi connectivity index (χ1) is 10.5. The van der Waals surface area contributed by atoms with Gasteiger partial charge in [-0.15, -0.1) is 0 Å². The van der Waals surface area contributed by atoms with Crippen LogP contribution in [0.4, 0.5) is 0 Å². The molecular formula is C14H23ClN4O2S. The van der Waals surface area contributed by atoms with Crippen LogP contribution >= 0.6 is 11.6 Å². The van der Waals surface area contributed by atoms with E-state index in [0.29, 0.717) is 30.4 Å². The van der Waals surface area contributed by atoms with Crippen molar-refractivity contribution in [2.45, 2.75) is 44.6 Å². The lowest BCUT2D eigenvalue weighted by atomic mass is 10.1. The van der Waals surface area contributed by atoms with Gasteiger partial charge in [0.1, 0.15) is 0 Å². The Kier molecular flexibility index (Phi) is 4.77. The monoisotopic (exact) mass is 346 g/mol. The third-order valence-corrected chi connectivity index (χ3v) is 6.86. The van der Waals surface area contributed by atoms with Gasteiger partial charge in [-0.25, -0.2) is 0 Å². The molecular weight excluding hydrogens is 324 g/mol. The molecule has 1 aromatic heterocycles. The Hall–Kier alpha value is -0.630. The SMILES string of the molecule is Cn1cc(Cl)c(C2CCCCCN2S(=O)(=O)N2CCCC2)n1. The van der Waals surface area contributed by atoms with Crippen LogP contribution in [-0.2, 0) is 17.3 Å². The third kappa shape index (κ3) is 3.04. The normalized spacial score (nSPS) is 25.5. The van der Waals surface area contributed by atoms with Crippen LogP contribution in [0.2, 0.25) is 5.02 Å². The molecule has 2 fully saturated rings. The molecule has 1 atom stereocenters. The molecule has 3 heterocycles. The van der Waals surface area contributed by atoms with Crippen molar-refractivity contribution in [3.8, 4) is 0 Å². The van der Waals surface area contributed by atoms with Gasteiger partial charge < -0.3 is 0 Å². The largest absolute Gasteiger partial charge is 0.282 e. The fraction of sp³-hybridized carbons (Fsp3) is 0.786. The fourth-order valence-electron chi connectivity index (χ4n) is 3.40. The molecule has 6 nitrogen and oxygen atoms in total. The highest BCUT2D eigenvalue weighted by molar-refractivity contribution is 7.86. The van der Waals surface area contributed by atoms with Crippen LogP contribution in [-0.4, -0.2) is 46.4 Å². The summed E-state index contributed by atoms with van der Waals surface area (Å²) in [5.74, 6) is 0. The van der Waals surface area contributed by atoms with Crippen molar-refractivity contribution in [1.29, 1.82) is 0 Å². The van der Waals surface area contributed by atoms with Gasteiger partial charge in [0.25, 0.3) is 10.2 Å². The highest BCUT2D eigenvalue weighted by Gasteiger charge is 2.39. The van der Waals surface area contributed by atoms with E-state index >= 15 is 0 Å². The van der Waals surface area contributed by atoms with Gasteiger partial charge in [-0.2, -0.15) is 22.1 Å². The molecule has 0 aromatic carbocycles. The molecule has 1 unspecified atom stereocenters. The Balaban J connectivity index is 1.96. The molecule has 0 N–H and O–H groups in total. The summed E-state index contributed by atoms with van der Waals surface area (Å²) < 4.78 is 30.9. The number of hydrogen-bond acceptors (Lipinski definition) is 3. The van der Waals surface area contributed by atoms with Crippen molar-refractivity contribution in [3.63, 3.8) is 0 Å². The van der Waals surface area contributed by atoms with Gasteiger partial charge in [-0.1, -0.05) is 24.4 Å². The van der Waals surface area contributed by atoms with Crippen molar-refractivity contribution >= 4 is 21.8 Å². The number of aromatic nitrogens is 2. The topological polar surface area (TPSA) is 58.4 Å². The highest BCUT2D eigenvalue weighted by atomic mass is 35.5. The Morgan fingerprint density at radius 2 is 1.82 bits per heavy atom. The van der Waals surface area contributed by atoms with Crippen molar-refractivity contribution in [3.05, 3.63) is 16.9 Å². The summed E-state index contributed by atoms with van der Waals surface area (Å²) in [5.41, 5.74) is 0.689. The smallest absolute Gasteiger partial charge is 0.274 e. The molecule has 0 bridgehead atoms. The number of halogens is 1. The Morgan fingerprint density at radius 1 is 1.14 bits per heavy atom. The molecule has 2 aliphatic rings.